The summed E-state index contributed by atoms with van der Waals surface area (Å²) in [6, 6.07) is 5.25. The third-order valence-corrected chi connectivity index (χ3v) is 6.48. The van der Waals surface area contributed by atoms with Gasteiger partial charge in [0.05, 0.1) is 10.0 Å². The fraction of sp³-hybridized carbons (Fsp3) is 0.450. The van der Waals surface area contributed by atoms with Crippen molar-refractivity contribution in [2.24, 2.45) is 0 Å². The number of carbonyl (C=O) groups is 2. The van der Waals surface area contributed by atoms with Crippen LogP contribution < -0.4 is 10.6 Å². The van der Waals surface area contributed by atoms with Crippen LogP contribution in [0.3, 0.4) is 0 Å². The highest BCUT2D eigenvalue weighted by Gasteiger charge is 2.18. The molecule has 1 aliphatic rings. The highest BCUT2D eigenvalue weighted by molar-refractivity contribution is 7.14. The van der Waals surface area contributed by atoms with Gasteiger partial charge in [0.1, 0.15) is 5.69 Å². The Morgan fingerprint density at radius 2 is 2.07 bits per heavy atom. The van der Waals surface area contributed by atoms with Crippen LogP contribution in [0.25, 0.3) is 0 Å². The Labute approximate surface area is 184 Å². The van der Waals surface area contributed by atoms with E-state index in [-0.39, 0.29) is 11.8 Å². The SMILES string of the molecule is C[C@@H]1CCCCN1CCCNC(=O)c1csc(NC(=O)c2ccc(Cl)c(Cl)c2)n1. The summed E-state index contributed by atoms with van der Waals surface area (Å²) in [5.41, 5.74) is 0.665. The van der Waals surface area contributed by atoms with Gasteiger partial charge in [-0.05, 0) is 50.9 Å². The van der Waals surface area contributed by atoms with Gasteiger partial charge >= 0.3 is 0 Å². The molecule has 1 fully saturated rings. The molecule has 29 heavy (non-hydrogen) atoms. The number of anilines is 1. The van der Waals surface area contributed by atoms with Crippen LogP contribution in [0.2, 0.25) is 10.0 Å². The molecular weight excluding hydrogens is 431 g/mol. The zero-order valence-corrected chi connectivity index (χ0v) is 18.5. The van der Waals surface area contributed by atoms with E-state index in [1.165, 1.54) is 36.7 Å². The molecular formula is C20H24Cl2N4O2S. The van der Waals surface area contributed by atoms with E-state index in [0.717, 1.165) is 19.5 Å². The largest absolute Gasteiger partial charge is 0.351 e. The highest BCUT2D eigenvalue weighted by atomic mass is 35.5. The molecule has 0 bridgehead atoms. The minimum absolute atomic E-state index is 0.233. The molecule has 0 aliphatic carbocycles. The van der Waals surface area contributed by atoms with Gasteiger partial charge in [-0.15, -0.1) is 11.3 Å². The molecule has 156 valence electrons. The number of piperidine rings is 1. The second-order valence-corrected chi connectivity index (χ2v) is 8.78. The first-order valence-electron chi connectivity index (χ1n) is 9.68. The van der Waals surface area contributed by atoms with Gasteiger partial charge in [-0.1, -0.05) is 29.6 Å². The number of hydrogen-bond donors (Lipinski definition) is 2. The van der Waals surface area contributed by atoms with Crippen molar-refractivity contribution < 1.29 is 9.59 Å². The average molecular weight is 455 g/mol. The lowest BCUT2D eigenvalue weighted by Crippen LogP contribution is -2.39. The van der Waals surface area contributed by atoms with Crippen molar-refractivity contribution in [1.29, 1.82) is 0 Å². The van der Waals surface area contributed by atoms with Gasteiger partial charge in [0.25, 0.3) is 11.8 Å². The molecule has 1 atom stereocenters. The van der Waals surface area contributed by atoms with E-state index in [2.05, 4.69) is 27.4 Å². The first-order valence-corrected chi connectivity index (χ1v) is 11.3. The number of rotatable bonds is 7. The lowest BCUT2D eigenvalue weighted by molar-refractivity contribution is 0.0943. The van der Waals surface area contributed by atoms with Crippen molar-refractivity contribution >= 4 is 51.5 Å². The van der Waals surface area contributed by atoms with Gasteiger partial charge < -0.3 is 10.2 Å². The Balaban J connectivity index is 1.45. The Morgan fingerprint density at radius 3 is 2.83 bits per heavy atom. The lowest BCUT2D eigenvalue weighted by atomic mass is 10.0. The molecule has 0 spiro atoms. The van der Waals surface area contributed by atoms with Crippen molar-refractivity contribution in [2.45, 2.75) is 38.6 Å². The summed E-state index contributed by atoms with van der Waals surface area (Å²) in [7, 11) is 0. The van der Waals surface area contributed by atoms with Crippen LogP contribution in [0.4, 0.5) is 5.13 Å². The maximum Gasteiger partial charge on any atom is 0.270 e. The molecule has 2 N–H and O–H groups in total. The van der Waals surface area contributed by atoms with E-state index in [0.29, 0.717) is 39.0 Å². The summed E-state index contributed by atoms with van der Waals surface area (Å²) in [5.74, 6) is -0.594. The summed E-state index contributed by atoms with van der Waals surface area (Å²) in [4.78, 5) is 31.3. The molecule has 1 aliphatic heterocycles. The molecule has 1 aromatic heterocycles. The third-order valence-electron chi connectivity index (χ3n) is 4.99. The molecule has 2 aromatic rings. The monoisotopic (exact) mass is 454 g/mol. The van der Waals surface area contributed by atoms with Crippen LogP contribution in [0.5, 0.6) is 0 Å². The number of hydrogen-bond acceptors (Lipinski definition) is 5. The molecule has 1 saturated heterocycles. The molecule has 0 radical (unpaired) electrons. The summed E-state index contributed by atoms with van der Waals surface area (Å²) < 4.78 is 0. The lowest BCUT2D eigenvalue weighted by Gasteiger charge is -2.33. The number of nitrogens with one attached hydrogen (secondary N) is 2. The van der Waals surface area contributed by atoms with Crippen LogP contribution in [0.15, 0.2) is 23.6 Å². The van der Waals surface area contributed by atoms with Crippen LogP contribution in [0.1, 0.15) is 53.5 Å². The van der Waals surface area contributed by atoms with E-state index in [1.54, 1.807) is 17.5 Å². The minimum atomic E-state index is -0.361. The zero-order chi connectivity index (χ0) is 20.8. The Morgan fingerprint density at radius 1 is 1.24 bits per heavy atom. The molecule has 2 amide bonds. The molecule has 6 nitrogen and oxygen atoms in total. The predicted molar refractivity (Wildman–Crippen MR) is 118 cm³/mol. The number of benzene rings is 1. The van der Waals surface area contributed by atoms with Crippen molar-refractivity contribution in [2.75, 3.05) is 25.0 Å². The van der Waals surface area contributed by atoms with Gasteiger partial charge in [0.2, 0.25) is 0 Å². The zero-order valence-electron chi connectivity index (χ0n) is 16.2. The Hall–Kier alpha value is -1.67. The van der Waals surface area contributed by atoms with Gasteiger partial charge in [-0.25, -0.2) is 4.98 Å². The van der Waals surface area contributed by atoms with Crippen LogP contribution in [-0.4, -0.2) is 47.4 Å². The van der Waals surface area contributed by atoms with Gasteiger partial charge in [0.15, 0.2) is 5.13 Å². The smallest absolute Gasteiger partial charge is 0.270 e. The first-order chi connectivity index (χ1) is 13.9. The highest BCUT2D eigenvalue weighted by Crippen LogP contribution is 2.24. The number of thiazole rings is 1. The summed E-state index contributed by atoms with van der Waals surface area (Å²) in [5, 5.41) is 8.24. The van der Waals surface area contributed by atoms with Crippen molar-refractivity contribution in [3.05, 3.63) is 44.9 Å². The molecule has 1 aromatic carbocycles. The topological polar surface area (TPSA) is 74.3 Å². The maximum atomic E-state index is 12.3. The second kappa shape index (κ2) is 10.4. The summed E-state index contributed by atoms with van der Waals surface area (Å²) >= 11 is 13.0. The second-order valence-electron chi connectivity index (χ2n) is 7.11. The normalized spacial score (nSPS) is 17.1. The van der Waals surface area contributed by atoms with Gasteiger partial charge in [-0.3, -0.25) is 14.9 Å². The number of carbonyl (C=O) groups excluding carboxylic acids is 2. The van der Waals surface area contributed by atoms with E-state index in [1.807, 2.05) is 0 Å². The molecule has 0 unspecified atom stereocenters. The van der Waals surface area contributed by atoms with Crippen LogP contribution in [-0.2, 0) is 0 Å². The molecule has 9 heteroatoms. The Bertz CT molecular complexity index is 874. The molecule has 0 saturated carbocycles. The van der Waals surface area contributed by atoms with E-state index >= 15 is 0 Å². The van der Waals surface area contributed by atoms with E-state index in [9.17, 15) is 9.59 Å². The maximum absolute atomic E-state index is 12.3. The van der Waals surface area contributed by atoms with Crippen molar-refractivity contribution in [3.63, 3.8) is 0 Å². The number of halogens is 2. The van der Waals surface area contributed by atoms with Crippen molar-refractivity contribution in [3.8, 4) is 0 Å². The standard InChI is InChI=1S/C20H24Cl2N4O2S/c1-13-5-2-3-9-26(13)10-4-8-23-19(28)17-12-29-20(24-17)25-18(27)14-6-7-15(21)16(22)11-14/h6-7,11-13H,2-5,8-10H2,1H3,(H,23,28)(H,24,25,27)/t13-/m1/s1. The van der Waals surface area contributed by atoms with E-state index in [4.69, 9.17) is 23.2 Å². The molecule has 2 heterocycles. The van der Waals surface area contributed by atoms with Gasteiger partial charge in [0, 0.05) is 30.1 Å². The first kappa shape index (κ1) is 22.0. The fourth-order valence-corrected chi connectivity index (χ4v) is 4.29. The number of likely N-dealkylation sites (tertiary alicyclic amines) is 1. The average Bonchev–Trinajstić information content (AvgIpc) is 3.17. The van der Waals surface area contributed by atoms with Crippen LogP contribution in [0, 0.1) is 0 Å². The predicted octanol–water partition coefficient (Wildman–Crippen LogP) is 4.70. The van der Waals surface area contributed by atoms with Gasteiger partial charge in [-0.2, -0.15) is 0 Å². The third kappa shape index (κ3) is 6.15. The minimum Gasteiger partial charge on any atom is -0.351 e. The summed E-state index contributed by atoms with van der Waals surface area (Å²) in [6.45, 7) is 5.00. The summed E-state index contributed by atoms with van der Waals surface area (Å²) in [6.07, 6.45) is 4.72. The number of nitrogens with zero attached hydrogens (tertiary/aromatic N) is 2. The number of aromatic nitrogens is 1. The fourth-order valence-electron chi connectivity index (χ4n) is 3.31. The quantitative estimate of drug-likeness (QED) is 0.594. The van der Waals surface area contributed by atoms with Crippen LogP contribution >= 0.6 is 34.5 Å². The van der Waals surface area contributed by atoms with Crippen molar-refractivity contribution in [1.82, 2.24) is 15.2 Å². The molecule has 3 rings (SSSR count). The number of amides is 2. The Kier molecular flexibility index (Phi) is 7.89. The van der Waals surface area contributed by atoms with E-state index < -0.39 is 0 Å².